The smallest absolute Gasteiger partial charge is 0.234 e. The Labute approximate surface area is 192 Å². The number of halogens is 2. The van der Waals surface area contributed by atoms with Crippen LogP contribution in [0.1, 0.15) is 12.0 Å². The number of anilines is 2. The zero-order valence-electron chi connectivity index (χ0n) is 17.3. The van der Waals surface area contributed by atoms with Crippen molar-refractivity contribution in [1.82, 2.24) is 9.97 Å². The summed E-state index contributed by atoms with van der Waals surface area (Å²) >= 11 is 1.22. The Bertz CT molecular complexity index is 1330. The number of fused-ring (bicyclic) bond motifs is 1. The lowest BCUT2D eigenvalue weighted by molar-refractivity contribution is -0.124. The number of nitrogens with zero attached hydrogens (tertiary/aromatic N) is 4. The Balaban J connectivity index is 1.46. The molecular weight excluding hydrogens is 446 g/mol. The predicted octanol–water partition coefficient (Wildman–Crippen LogP) is 4.56. The van der Waals surface area contributed by atoms with Crippen LogP contribution in [0.4, 0.5) is 19.6 Å². The molecule has 0 bridgehead atoms. The molecule has 4 aromatic rings. The van der Waals surface area contributed by atoms with Crippen molar-refractivity contribution in [1.29, 1.82) is 0 Å². The maximum atomic E-state index is 13.7. The Morgan fingerprint density at radius 3 is 2.67 bits per heavy atom. The third-order valence-electron chi connectivity index (χ3n) is 5.51. The number of pyridine rings is 1. The van der Waals surface area contributed by atoms with Crippen LogP contribution in [-0.4, -0.2) is 28.3 Å². The van der Waals surface area contributed by atoms with Crippen LogP contribution < -0.4 is 9.80 Å². The number of benzene rings is 2. The molecule has 0 N–H and O–H groups in total. The van der Waals surface area contributed by atoms with Crippen LogP contribution in [0.15, 0.2) is 67.0 Å². The first kappa shape index (κ1) is 21.1. The average molecular weight is 464 g/mol. The molecule has 1 atom stereocenters. The van der Waals surface area contributed by atoms with Crippen molar-refractivity contribution in [3.05, 3.63) is 84.2 Å². The van der Waals surface area contributed by atoms with Crippen molar-refractivity contribution < 1.29 is 18.4 Å². The molecule has 0 aliphatic carbocycles. The predicted molar refractivity (Wildman–Crippen MR) is 122 cm³/mol. The van der Waals surface area contributed by atoms with E-state index in [4.69, 9.17) is 0 Å². The summed E-state index contributed by atoms with van der Waals surface area (Å²) in [5.41, 5.74) is 1.94. The molecule has 5 rings (SSSR count). The lowest BCUT2D eigenvalue weighted by Crippen LogP contribution is -2.37. The second-order valence-corrected chi connectivity index (χ2v) is 8.79. The SMILES string of the molecule is O=C1CC(C(=O)N(Cc2cccnc2)c2nc3ccc(F)cc3s2)CN1c1ccc(F)cc1. The van der Waals surface area contributed by atoms with Gasteiger partial charge in [-0.05, 0) is 54.1 Å². The summed E-state index contributed by atoms with van der Waals surface area (Å²) in [6, 6.07) is 13.5. The lowest BCUT2D eigenvalue weighted by atomic mass is 10.1. The van der Waals surface area contributed by atoms with Crippen LogP contribution >= 0.6 is 11.3 Å². The fourth-order valence-corrected chi connectivity index (χ4v) is 4.87. The topological polar surface area (TPSA) is 66.4 Å². The molecule has 33 heavy (non-hydrogen) atoms. The summed E-state index contributed by atoms with van der Waals surface area (Å²) in [7, 11) is 0. The number of carbonyl (C=O) groups is 2. The second-order valence-electron chi connectivity index (χ2n) is 7.78. The van der Waals surface area contributed by atoms with E-state index >= 15 is 0 Å². The van der Waals surface area contributed by atoms with E-state index in [1.807, 2.05) is 6.07 Å². The van der Waals surface area contributed by atoms with Gasteiger partial charge in [0.1, 0.15) is 11.6 Å². The molecule has 1 fully saturated rings. The highest BCUT2D eigenvalue weighted by atomic mass is 32.1. The summed E-state index contributed by atoms with van der Waals surface area (Å²) in [5.74, 6) is -1.82. The van der Waals surface area contributed by atoms with Gasteiger partial charge in [-0.1, -0.05) is 17.4 Å². The normalized spacial score (nSPS) is 15.9. The molecule has 0 spiro atoms. The number of hydrogen-bond donors (Lipinski definition) is 0. The second kappa shape index (κ2) is 8.67. The highest BCUT2D eigenvalue weighted by Crippen LogP contribution is 2.33. The molecule has 6 nitrogen and oxygen atoms in total. The van der Waals surface area contributed by atoms with E-state index in [-0.39, 0.29) is 37.1 Å². The monoisotopic (exact) mass is 464 g/mol. The first-order valence-corrected chi connectivity index (χ1v) is 11.1. The van der Waals surface area contributed by atoms with Crippen molar-refractivity contribution in [2.75, 3.05) is 16.3 Å². The minimum Gasteiger partial charge on any atom is -0.312 e. The van der Waals surface area contributed by atoms with Gasteiger partial charge in [0, 0.05) is 31.0 Å². The first-order valence-electron chi connectivity index (χ1n) is 10.3. The van der Waals surface area contributed by atoms with Gasteiger partial charge in [-0.25, -0.2) is 13.8 Å². The molecule has 2 aromatic carbocycles. The Morgan fingerprint density at radius 2 is 1.91 bits per heavy atom. The number of carbonyl (C=O) groups excluding carboxylic acids is 2. The van der Waals surface area contributed by atoms with Crippen molar-refractivity contribution in [3.8, 4) is 0 Å². The zero-order valence-corrected chi connectivity index (χ0v) is 18.1. The maximum absolute atomic E-state index is 13.7. The minimum absolute atomic E-state index is 0.0409. The Kier molecular flexibility index (Phi) is 5.55. The van der Waals surface area contributed by atoms with Crippen molar-refractivity contribution in [3.63, 3.8) is 0 Å². The molecule has 1 saturated heterocycles. The highest BCUT2D eigenvalue weighted by Gasteiger charge is 2.38. The first-order chi connectivity index (χ1) is 16.0. The lowest BCUT2D eigenvalue weighted by Gasteiger charge is -2.23. The van der Waals surface area contributed by atoms with Crippen LogP contribution in [0.5, 0.6) is 0 Å². The van der Waals surface area contributed by atoms with Gasteiger partial charge in [-0.3, -0.25) is 19.5 Å². The van der Waals surface area contributed by atoms with Crippen molar-refractivity contribution in [2.24, 2.45) is 5.92 Å². The molecular formula is C24H18F2N4O2S. The molecule has 1 aliphatic heterocycles. The fourth-order valence-electron chi connectivity index (χ4n) is 3.88. The van der Waals surface area contributed by atoms with Crippen LogP contribution in [0.25, 0.3) is 10.2 Å². The number of hydrogen-bond acceptors (Lipinski definition) is 5. The molecule has 1 unspecified atom stereocenters. The van der Waals surface area contributed by atoms with E-state index in [1.165, 1.54) is 57.5 Å². The van der Waals surface area contributed by atoms with Gasteiger partial charge in [0.15, 0.2) is 5.13 Å². The molecule has 166 valence electrons. The van der Waals surface area contributed by atoms with Gasteiger partial charge in [0.2, 0.25) is 11.8 Å². The minimum atomic E-state index is -0.594. The summed E-state index contributed by atoms with van der Waals surface area (Å²) in [4.78, 5) is 38.0. The molecule has 2 amide bonds. The van der Waals surface area contributed by atoms with Gasteiger partial charge in [-0.2, -0.15) is 0 Å². The maximum Gasteiger partial charge on any atom is 0.234 e. The van der Waals surface area contributed by atoms with Gasteiger partial charge < -0.3 is 4.90 Å². The van der Waals surface area contributed by atoms with Crippen LogP contribution in [0, 0.1) is 17.6 Å². The Hall–Kier alpha value is -3.72. The molecule has 3 heterocycles. The number of thiazole rings is 1. The van der Waals surface area contributed by atoms with Crippen LogP contribution in [0.2, 0.25) is 0 Å². The van der Waals surface area contributed by atoms with Gasteiger partial charge in [0.05, 0.1) is 22.7 Å². The summed E-state index contributed by atoms with van der Waals surface area (Å²) in [5, 5.41) is 0.428. The van der Waals surface area contributed by atoms with Gasteiger partial charge in [0.25, 0.3) is 0 Å². The third kappa shape index (κ3) is 4.31. The molecule has 0 saturated carbocycles. The van der Waals surface area contributed by atoms with E-state index in [1.54, 1.807) is 24.5 Å². The third-order valence-corrected chi connectivity index (χ3v) is 6.55. The number of aromatic nitrogens is 2. The van der Waals surface area contributed by atoms with E-state index in [2.05, 4.69) is 9.97 Å². The standard InChI is InChI=1S/C24H18F2N4O2S/c25-17-3-6-19(7-4-17)29-14-16(10-22(29)31)23(32)30(13-15-2-1-9-27-12-15)24-28-20-8-5-18(26)11-21(20)33-24/h1-9,11-12,16H,10,13-14H2. The molecule has 9 heteroatoms. The van der Waals surface area contributed by atoms with Gasteiger partial charge in [-0.15, -0.1) is 0 Å². The van der Waals surface area contributed by atoms with Crippen molar-refractivity contribution >= 4 is 44.2 Å². The van der Waals surface area contributed by atoms with Crippen LogP contribution in [-0.2, 0) is 16.1 Å². The van der Waals surface area contributed by atoms with E-state index in [0.29, 0.717) is 21.0 Å². The van der Waals surface area contributed by atoms with Crippen LogP contribution in [0.3, 0.4) is 0 Å². The number of amides is 2. The van der Waals surface area contributed by atoms with E-state index in [0.717, 1.165) is 5.56 Å². The van der Waals surface area contributed by atoms with Crippen molar-refractivity contribution in [2.45, 2.75) is 13.0 Å². The molecule has 1 aliphatic rings. The quantitative estimate of drug-likeness (QED) is 0.435. The van der Waals surface area contributed by atoms with E-state index < -0.39 is 11.7 Å². The molecule has 2 aromatic heterocycles. The number of rotatable bonds is 5. The molecule has 0 radical (unpaired) electrons. The Morgan fingerprint density at radius 1 is 1.12 bits per heavy atom. The zero-order chi connectivity index (χ0) is 22.9. The summed E-state index contributed by atoms with van der Waals surface area (Å²) in [6.45, 7) is 0.405. The summed E-state index contributed by atoms with van der Waals surface area (Å²) in [6.07, 6.45) is 3.35. The average Bonchev–Trinajstić information content (AvgIpc) is 3.41. The highest BCUT2D eigenvalue weighted by molar-refractivity contribution is 7.22. The van der Waals surface area contributed by atoms with Gasteiger partial charge >= 0.3 is 0 Å². The van der Waals surface area contributed by atoms with E-state index in [9.17, 15) is 18.4 Å². The fraction of sp³-hybridized carbons (Fsp3) is 0.167. The summed E-state index contributed by atoms with van der Waals surface area (Å²) < 4.78 is 27.6. The largest absolute Gasteiger partial charge is 0.312 e.